The first-order chi connectivity index (χ1) is 11.6. The van der Waals surface area contributed by atoms with Crippen LogP contribution in [-0.4, -0.2) is 48.9 Å². The van der Waals surface area contributed by atoms with Crippen LogP contribution >= 0.6 is 11.3 Å². The summed E-state index contributed by atoms with van der Waals surface area (Å²) in [6.07, 6.45) is 2.27. The molecule has 2 rings (SSSR count). The van der Waals surface area contributed by atoms with Crippen molar-refractivity contribution in [1.29, 1.82) is 0 Å². The molecule has 1 fully saturated rings. The molecular formula is C17H24N2O4S. The fraction of sp³-hybridized carbons (Fsp3) is 0.588. The summed E-state index contributed by atoms with van der Waals surface area (Å²) in [6, 6.07) is 3.70. The zero-order chi connectivity index (χ0) is 17.4. The maximum absolute atomic E-state index is 12.3. The van der Waals surface area contributed by atoms with E-state index in [0.29, 0.717) is 51.9 Å². The van der Waals surface area contributed by atoms with Gasteiger partial charge in [-0.25, -0.2) is 0 Å². The summed E-state index contributed by atoms with van der Waals surface area (Å²) in [7, 11) is 0. The summed E-state index contributed by atoms with van der Waals surface area (Å²) in [5, 5.41) is 4.77. The highest BCUT2D eigenvalue weighted by molar-refractivity contribution is 7.12. The molecule has 24 heavy (non-hydrogen) atoms. The predicted octanol–water partition coefficient (Wildman–Crippen LogP) is 2.06. The van der Waals surface area contributed by atoms with Gasteiger partial charge < -0.3 is 15.0 Å². The molecule has 0 aromatic carbocycles. The Labute approximate surface area is 146 Å². The van der Waals surface area contributed by atoms with E-state index in [1.807, 2.05) is 22.4 Å². The maximum Gasteiger partial charge on any atom is 0.305 e. The largest absolute Gasteiger partial charge is 0.466 e. The van der Waals surface area contributed by atoms with E-state index < -0.39 is 0 Å². The van der Waals surface area contributed by atoms with E-state index in [0.717, 1.165) is 4.88 Å². The molecule has 0 aliphatic carbocycles. The lowest BCUT2D eigenvalue weighted by Crippen LogP contribution is -2.43. The number of esters is 1. The molecule has 0 atom stereocenters. The zero-order valence-electron chi connectivity index (χ0n) is 14.0. The third-order valence-corrected chi connectivity index (χ3v) is 4.91. The Morgan fingerprint density at radius 3 is 2.71 bits per heavy atom. The Kier molecular flexibility index (Phi) is 7.24. The molecule has 7 heteroatoms. The lowest BCUT2D eigenvalue weighted by atomic mass is 9.95. The van der Waals surface area contributed by atoms with Crippen molar-refractivity contribution < 1.29 is 19.1 Å². The molecule has 1 saturated heterocycles. The van der Waals surface area contributed by atoms with Gasteiger partial charge in [-0.15, -0.1) is 11.3 Å². The summed E-state index contributed by atoms with van der Waals surface area (Å²) >= 11 is 1.44. The van der Waals surface area contributed by atoms with Crippen molar-refractivity contribution in [2.75, 3.05) is 26.2 Å². The second kappa shape index (κ2) is 9.42. The number of hydrogen-bond acceptors (Lipinski definition) is 5. The molecule has 1 aromatic rings. The molecule has 0 bridgehead atoms. The quantitative estimate of drug-likeness (QED) is 0.602. The molecule has 1 aromatic heterocycles. The van der Waals surface area contributed by atoms with E-state index in [1.54, 1.807) is 6.92 Å². The third-order valence-electron chi connectivity index (χ3n) is 4.05. The standard InChI is InChI=1S/C17H24N2O4S/c1-2-23-15(20)6-3-9-18-16(21)13-7-10-19(11-8-13)17(22)14-5-4-12-24-14/h4-5,12-13H,2-3,6-11H2,1H3,(H,18,21). The van der Waals surface area contributed by atoms with Crippen molar-refractivity contribution >= 4 is 29.1 Å². The first kappa shape index (κ1) is 18.4. The van der Waals surface area contributed by atoms with Gasteiger partial charge >= 0.3 is 5.97 Å². The van der Waals surface area contributed by atoms with Gasteiger partial charge in [-0.3, -0.25) is 14.4 Å². The van der Waals surface area contributed by atoms with E-state index in [9.17, 15) is 14.4 Å². The minimum atomic E-state index is -0.229. The van der Waals surface area contributed by atoms with Gasteiger partial charge in [-0.2, -0.15) is 0 Å². The van der Waals surface area contributed by atoms with Crippen LogP contribution in [0.15, 0.2) is 17.5 Å². The molecule has 0 radical (unpaired) electrons. The molecular weight excluding hydrogens is 328 g/mol. The van der Waals surface area contributed by atoms with E-state index >= 15 is 0 Å². The second-order valence-electron chi connectivity index (χ2n) is 5.74. The number of carbonyl (C=O) groups is 3. The second-order valence-corrected chi connectivity index (χ2v) is 6.69. The average Bonchev–Trinajstić information content (AvgIpc) is 3.13. The lowest BCUT2D eigenvalue weighted by Gasteiger charge is -2.31. The summed E-state index contributed by atoms with van der Waals surface area (Å²) in [5.74, 6) is -0.215. The van der Waals surface area contributed by atoms with Gasteiger partial charge in [0.25, 0.3) is 5.91 Å². The van der Waals surface area contributed by atoms with Crippen molar-refractivity contribution in [2.45, 2.75) is 32.6 Å². The molecule has 0 saturated carbocycles. The van der Waals surface area contributed by atoms with Gasteiger partial charge in [0, 0.05) is 32.0 Å². The average molecular weight is 352 g/mol. The maximum atomic E-state index is 12.3. The fourth-order valence-electron chi connectivity index (χ4n) is 2.72. The van der Waals surface area contributed by atoms with Gasteiger partial charge in [0.2, 0.25) is 5.91 Å². The minimum absolute atomic E-state index is 0.0158. The van der Waals surface area contributed by atoms with Crippen molar-refractivity contribution in [3.63, 3.8) is 0 Å². The van der Waals surface area contributed by atoms with Crippen LogP contribution in [0.25, 0.3) is 0 Å². The lowest BCUT2D eigenvalue weighted by molar-refractivity contribution is -0.143. The van der Waals surface area contributed by atoms with E-state index in [-0.39, 0.29) is 23.7 Å². The van der Waals surface area contributed by atoms with E-state index in [2.05, 4.69) is 5.32 Å². The molecule has 1 aliphatic heterocycles. The van der Waals surface area contributed by atoms with E-state index in [4.69, 9.17) is 4.74 Å². The number of hydrogen-bond donors (Lipinski definition) is 1. The number of nitrogens with zero attached hydrogens (tertiary/aromatic N) is 1. The molecule has 2 heterocycles. The van der Waals surface area contributed by atoms with Crippen LogP contribution in [0.5, 0.6) is 0 Å². The van der Waals surface area contributed by atoms with Crippen LogP contribution < -0.4 is 5.32 Å². The number of nitrogens with one attached hydrogen (secondary N) is 1. The van der Waals surface area contributed by atoms with Crippen LogP contribution in [-0.2, 0) is 14.3 Å². The summed E-state index contributed by atoms with van der Waals surface area (Å²) in [4.78, 5) is 38.2. The summed E-state index contributed by atoms with van der Waals surface area (Å²) in [6.45, 7) is 3.85. The van der Waals surface area contributed by atoms with Crippen LogP contribution in [0.2, 0.25) is 0 Å². The molecule has 1 aliphatic rings. The number of piperidine rings is 1. The molecule has 1 N–H and O–H groups in total. The summed E-state index contributed by atoms with van der Waals surface area (Å²) in [5.41, 5.74) is 0. The van der Waals surface area contributed by atoms with Gasteiger partial charge in [0.1, 0.15) is 0 Å². The summed E-state index contributed by atoms with van der Waals surface area (Å²) < 4.78 is 4.84. The van der Waals surface area contributed by atoms with Crippen LogP contribution in [0.4, 0.5) is 0 Å². The van der Waals surface area contributed by atoms with Crippen molar-refractivity contribution in [2.24, 2.45) is 5.92 Å². The number of amides is 2. The van der Waals surface area contributed by atoms with Crippen molar-refractivity contribution in [3.8, 4) is 0 Å². The Hall–Kier alpha value is -1.89. The Morgan fingerprint density at radius 1 is 1.33 bits per heavy atom. The van der Waals surface area contributed by atoms with Gasteiger partial charge in [0.05, 0.1) is 11.5 Å². The number of ether oxygens (including phenoxy) is 1. The topological polar surface area (TPSA) is 75.7 Å². The minimum Gasteiger partial charge on any atom is -0.466 e. The highest BCUT2D eigenvalue weighted by Gasteiger charge is 2.27. The molecule has 132 valence electrons. The highest BCUT2D eigenvalue weighted by atomic mass is 32.1. The molecule has 0 spiro atoms. The molecule has 2 amide bonds. The Balaban J connectivity index is 1.65. The third kappa shape index (κ3) is 5.33. The number of rotatable bonds is 7. The van der Waals surface area contributed by atoms with E-state index in [1.165, 1.54) is 11.3 Å². The Bertz CT molecular complexity index is 551. The van der Waals surface area contributed by atoms with Gasteiger partial charge in [-0.1, -0.05) is 6.07 Å². The van der Waals surface area contributed by atoms with Crippen molar-refractivity contribution in [1.82, 2.24) is 10.2 Å². The zero-order valence-corrected chi connectivity index (χ0v) is 14.8. The van der Waals surface area contributed by atoms with Gasteiger partial charge in [0.15, 0.2) is 0 Å². The van der Waals surface area contributed by atoms with Crippen LogP contribution in [0.3, 0.4) is 0 Å². The predicted molar refractivity (Wildman–Crippen MR) is 91.8 cm³/mol. The fourth-order valence-corrected chi connectivity index (χ4v) is 3.41. The Morgan fingerprint density at radius 2 is 2.08 bits per heavy atom. The van der Waals surface area contributed by atoms with Crippen LogP contribution in [0, 0.1) is 5.92 Å². The number of likely N-dealkylation sites (tertiary alicyclic amines) is 1. The normalized spacial score (nSPS) is 15.1. The first-order valence-electron chi connectivity index (χ1n) is 8.38. The van der Waals surface area contributed by atoms with Gasteiger partial charge in [-0.05, 0) is 37.6 Å². The highest BCUT2D eigenvalue weighted by Crippen LogP contribution is 2.20. The smallest absolute Gasteiger partial charge is 0.305 e. The van der Waals surface area contributed by atoms with Crippen molar-refractivity contribution in [3.05, 3.63) is 22.4 Å². The number of carbonyl (C=O) groups excluding carboxylic acids is 3. The SMILES string of the molecule is CCOC(=O)CCCNC(=O)C1CCN(C(=O)c2cccs2)CC1. The monoisotopic (exact) mass is 352 g/mol. The molecule has 6 nitrogen and oxygen atoms in total. The molecule has 0 unspecified atom stereocenters. The van der Waals surface area contributed by atoms with Crippen LogP contribution in [0.1, 0.15) is 42.3 Å². The number of thiophene rings is 1. The first-order valence-corrected chi connectivity index (χ1v) is 9.26.